The first-order valence-electron chi connectivity index (χ1n) is 38.2. The first kappa shape index (κ1) is 62.6. The lowest BCUT2D eigenvalue weighted by atomic mass is 9.81. The Morgan fingerprint density at radius 3 is 0.676 bits per heavy atom. The summed E-state index contributed by atoms with van der Waals surface area (Å²) in [5.41, 5.74) is 43.1. The summed E-state index contributed by atoms with van der Waals surface area (Å²) in [7, 11) is 0. The van der Waals surface area contributed by atoms with Crippen LogP contribution in [0.2, 0.25) is 0 Å². The number of aromatic nitrogens is 4. The summed E-state index contributed by atoms with van der Waals surface area (Å²) in [5, 5.41) is 4.85. The zero-order valence-electron chi connectivity index (χ0n) is 61.8. The first-order chi connectivity index (χ1) is 52.5. The van der Waals surface area contributed by atoms with Crippen LogP contribution in [0.3, 0.4) is 0 Å². The molecule has 0 aliphatic heterocycles. The molecule has 4 aliphatic carbocycles. The molecule has 4 nitrogen and oxygen atoms in total. The molecule has 0 radical (unpaired) electrons. The van der Waals surface area contributed by atoms with Gasteiger partial charge in [0.1, 0.15) is 0 Å². The van der Waals surface area contributed by atoms with Gasteiger partial charge in [0.05, 0.1) is 44.5 Å². The molecule has 0 unspecified atom stereocenters. The normalized spacial score (nSPS) is 14.8. The fourth-order valence-electron chi connectivity index (χ4n) is 19.8. The topological polar surface area (TPSA) is 35.6 Å². The van der Waals surface area contributed by atoms with E-state index < -0.39 is 0 Å². The highest BCUT2D eigenvalue weighted by Crippen LogP contribution is 2.55. The Morgan fingerprint density at radius 2 is 0.407 bits per heavy atom. The van der Waals surface area contributed by atoms with Gasteiger partial charge in [-0.25, -0.2) is 9.97 Å². The van der Waals surface area contributed by atoms with Gasteiger partial charge in [-0.05, 0) is 243 Å². The van der Waals surface area contributed by atoms with Crippen LogP contribution in [0.5, 0.6) is 0 Å². The number of para-hydroxylation sites is 2. The Balaban J connectivity index is 0.650. The van der Waals surface area contributed by atoms with Gasteiger partial charge in [0.15, 0.2) is 0 Å². The number of benzene rings is 15. The van der Waals surface area contributed by atoms with Gasteiger partial charge in [-0.2, -0.15) is 0 Å². The Labute approximate surface area is 629 Å². The second-order valence-electron chi connectivity index (χ2n) is 32.8. The summed E-state index contributed by atoms with van der Waals surface area (Å²) in [4.78, 5) is 11.0. The van der Waals surface area contributed by atoms with E-state index in [-0.39, 0.29) is 21.7 Å². The van der Waals surface area contributed by atoms with Crippen LogP contribution in [0.25, 0.3) is 178 Å². The SMILES string of the molecule is CC1(C)c2ccccc2-c2ccc(-c3ccc4c(c3)c3cc(-c5ccc6c(c5)C(C)(C)c5ccccc5-6)ccc3n4-c3ccc(-c4nc5ccccc5nc4-c4ccc(-n5c6ccc(-c7ccc8c(c7)C(C)(C)c7ccccc7-8)cc6c6cc(-c7ccc8c(c7)C(C)(C)c7ccccc7-8)ccc65)cc4)cc3)cc21. The van der Waals surface area contributed by atoms with Gasteiger partial charge in [0.25, 0.3) is 0 Å². The molecule has 0 saturated heterocycles. The lowest BCUT2D eigenvalue weighted by Crippen LogP contribution is -2.14. The molecule has 0 bridgehead atoms. The van der Waals surface area contributed by atoms with Crippen molar-refractivity contribution in [1.82, 2.24) is 19.1 Å². The summed E-state index contributed by atoms with van der Waals surface area (Å²) >= 11 is 0. The second kappa shape index (κ2) is 22.4. The van der Waals surface area contributed by atoms with Crippen molar-refractivity contribution in [2.24, 2.45) is 0 Å². The Bertz CT molecular complexity index is 6220. The van der Waals surface area contributed by atoms with E-state index in [9.17, 15) is 0 Å². The molecule has 108 heavy (non-hydrogen) atoms. The van der Waals surface area contributed by atoms with E-state index in [1.807, 2.05) is 0 Å². The number of hydrogen-bond acceptors (Lipinski definition) is 2. The number of fused-ring (bicyclic) bond motifs is 19. The highest BCUT2D eigenvalue weighted by atomic mass is 15.0. The van der Waals surface area contributed by atoms with Gasteiger partial charge in [0.2, 0.25) is 0 Å². The van der Waals surface area contributed by atoms with Crippen molar-refractivity contribution in [3.63, 3.8) is 0 Å². The van der Waals surface area contributed by atoms with Crippen molar-refractivity contribution in [3.05, 3.63) is 360 Å². The van der Waals surface area contributed by atoms with Crippen molar-refractivity contribution in [1.29, 1.82) is 0 Å². The van der Waals surface area contributed by atoms with Gasteiger partial charge in [0, 0.05) is 65.7 Å². The fourth-order valence-corrected chi connectivity index (χ4v) is 19.8. The molecule has 0 N–H and O–H groups in total. The van der Waals surface area contributed by atoms with E-state index in [0.717, 1.165) is 67.0 Å². The molecule has 18 aromatic rings. The van der Waals surface area contributed by atoms with E-state index in [1.165, 1.54) is 155 Å². The van der Waals surface area contributed by atoms with E-state index in [2.05, 4.69) is 380 Å². The van der Waals surface area contributed by atoms with Crippen molar-refractivity contribution in [2.75, 3.05) is 0 Å². The lowest BCUT2D eigenvalue weighted by Gasteiger charge is -2.22. The summed E-state index contributed by atoms with van der Waals surface area (Å²) in [6.45, 7) is 19.0. The molecule has 15 aromatic carbocycles. The van der Waals surface area contributed by atoms with Gasteiger partial charge in [-0.3, -0.25) is 0 Å². The molecule has 4 heteroatoms. The lowest BCUT2D eigenvalue weighted by molar-refractivity contribution is 0.660. The fraction of sp³-hybridized carbons (Fsp3) is 0.115. The van der Waals surface area contributed by atoms with Crippen LogP contribution >= 0.6 is 0 Å². The number of hydrogen-bond donors (Lipinski definition) is 0. The second-order valence-corrected chi connectivity index (χ2v) is 32.8. The van der Waals surface area contributed by atoms with Crippen LogP contribution < -0.4 is 0 Å². The molecular formula is C104H76N4. The Kier molecular flexibility index (Phi) is 13.0. The predicted molar refractivity (Wildman–Crippen MR) is 451 cm³/mol. The highest BCUT2D eigenvalue weighted by molar-refractivity contribution is 6.13. The third kappa shape index (κ3) is 8.92. The predicted octanol–water partition coefficient (Wildman–Crippen LogP) is 27.1. The van der Waals surface area contributed by atoms with Crippen LogP contribution in [-0.4, -0.2) is 19.1 Å². The minimum absolute atomic E-state index is 0.111. The maximum absolute atomic E-state index is 5.50. The largest absolute Gasteiger partial charge is 0.309 e. The van der Waals surface area contributed by atoms with Crippen molar-refractivity contribution in [2.45, 2.75) is 77.0 Å². The summed E-state index contributed by atoms with van der Waals surface area (Å²) < 4.78 is 4.91. The van der Waals surface area contributed by atoms with Gasteiger partial charge in [-0.15, -0.1) is 0 Å². The number of rotatable bonds is 8. The third-order valence-electron chi connectivity index (χ3n) is 25.6. The van der Waals surface area contributed by atoms with Crippen LogP contribution in [-0.2, 0) is 21.7 Å². The zero-order valence-corrected chi connectivity index (χ0v) is 61.8. The van der Waals surface area contributed by atoms with Crippen molar-refractivity contribution < 1.29 is 0 Å². The van der Waals surface area contributed by atoms with E-state index >= 15 is 0 Å². The molecule has 0 amide bonds. The third-order valence-corrected chi connectivity index (χ3v) is 25.6. The van der Waals surface area contributed by atoms with Gasteiger partial charge >= 0.3 is 0 Å². The van der Waals surface area contributed by atoms with E-state index in [4.69, 9.17) is 9.97 Å². The Morgan fingerprint density at radius 1 is 0.194 bits per heavy atom. The van der Waals surface area contributed by atoms with Crippen LogP contribution in [0.15, 0.2) is 315 Å². The molecule has 3 aromatic heterocycles. The van der Waals surface area contributed by atoms with Gasteiger partial charge in [-0.1, -0.05) is 262 Å². The van der Waals surface area contributed by atoms with Crippen molar-refractivity contribution >= 4 is 54.6 Å². The summed E-state index contributed by atoms with van der Waals surface area (Å²) in [5.74, 6) is 0. The minimum Gasteiger partial charge on any atom is -0.309 e. The monoisotopic (exact) mass is 1380 g/mol. The zero-order chi connectivity index (χ0) is 72.4. The molecule has 4 aliphatic rings. The summed E-state index contributed by atoms with van der Waals surface area (Å²) in [6.07, 6.45) is 0. The quantitative estimate of drug-likeness (QED) is 0.152. The van der Waals surface area contributed by atoms with Crippen LogP contribution in [0, 0.1) is 0 Å². The van der Waals surface area contributed by atoms with Gasteiger partial charge < -0.3 is 9.13 Å². The van der Waals surface area contributed by atoms with Crippen LogP contribution in [0.1, 0.15) is 99.9 Å². The Hall–Kier alpha value is -12.8. The molecule has 3 heterocycles. The highest BCUT2D eigenvalue weighted by Gasteiger charge is 2.40. The molecular weight excluding hydrogens is 1310 g/mol. The molecule has 0 atom stereocenters. The molecule has 22 rings (SSSR count). The maximum Gasteiger partial charge on any atom is 0.0973 e. The van der Waals surface area contributed by atoms with E-state index in [0.29, 0.717) is 0 Å². The smallest absolute Gasteiger partial charge is 0.0973 e. The molecule has 512 valence electrons. The summed E-state index contributed by atoms with van der Waals surface area (Å²) in [6, 6.07) is 119. The van der Waals surface area contributed by atoms with E-state index in [1.54, 1.807) is 0 Å². The average Bonchev–Trinajstić information content (AvgIpc) is 1.56. The average molecular weight is 1380 g/mol. The minimum atomic E-state index is -0.111. The maximum atomic E-state index is 5.50. The van der Waals surface area contributed by atoms with Crippen molar-refractivity contribution in [3.8, 4) is 123 Å². The number of nitrogens with zero attached hydrogens (tertiary/aromatic N) is 4. The first-order valence-corrected chi connectivity index (χ1v) is 38.2. The molecule has 0 fully saturated rings. The molecule has 0 saturated carbocycles. The van der Waals surface area contributed by atoms with Crippen LogP contribution in [0.4, 0.5) is 0 Å². The molecule has 0 spiro atoms. The standard InChI is InChI=1S/C104H76N4/c1-101(2)85-23-13-9-19-73(85)77-45-33-67(57-89(77)101)63-37-49-95-81(53-63)82-54-64(68-34-46-78-74-20-10-14-24-86(74)102(3,4)90(78)58-68)38-50-96(82)107(95)71-41-29-61(30-42-71)99-100(106-94-28-18-17-27-93(94)105-99)62-31-43-72(44-32-62)108-97-51-39-65(69-35-47-79-75-21-11-15-25-87(75)103(5,6)91(79)59-69)55-83(97)84-56-66(40-52-98(84)108)70-36-48-80-76-22-12-16-26-88(76)104(7,8)92(80)60-70/h9-60H,1-8H3.